The summed E-state index contributed by atoms with van der Waals surface area (Å²) in [6, 6.07) is 13.4. The van der Waals surface area contributed by atoms with Gasteiger partial charge in [-0.3, -0.25) is 0 Å². The van der Waals surface area contributed by atoms with E-state index in [1.54, 1.807) is 48.5 Å². The number of alkyl halides is 6. The standard InChI is InChI=1S/C32H24F6O8/c33-31(34,35)29-25(45-27(39)13-5-19-1-7-21(8-2-19)41-15-23-17-43-23)11-12-26(30(29)32(36,37)38)46-28(40)14-6-20-3-9-22(10-4-20)42-16-24-18-44-24/h1-14,23-24H,15-18H2/b13-5+,14-6+. The number of benzene rings is 3. The molecule has 0 amide bonds. The van der Waals surface area contributed by atoms with Gasteiger partial charge in [0, 0.05) is 12.2 Å². The van der Waals surface area contributed by atoms with Crippen LogP contribution in [0.1, 0.15) is 22.3 Å². The molecule has 2 fully saturated rings. The zero-order chi connectivity index (χ0) is 32.9. The van der Waals surface area contributed by atoms with E-state index in [4.69, 9.17) is 18.9 Å². The molecule has 3 aromatic rings. The quantitative estimate of drug-likeness (QED) is 0.0720. The lowest BCUT2D eigenvalue weighted by atomic mass is 10.0. The van der Waals surface area contributed by atoms with Crippen molar-refractivity contribution in [1.82, 2.24) is 0 Å². The topological polar surface area (TPSA) is 96.1 Å². The normalized spacial score (nSPS) is 17.6. The SMILES string of the molecule is O=C(/C=C/c1ccc(OCC2CO2)cc1)Oc1ccc(OC(=O)/C=C/c2ccc(OCC3CO3)cc2)c(C(F)(F)F)c1C(F)(F)F. The molecule has 2 aliphatic heterocycles. The number of epoxide rings is 2. The minimum Gasteiger partial charge on any atom is -0.491 e. The molecule has 2 saturated heterocycles. The Balaban J connectivity index is 1.28. The minimum atomic E-state index is -5.65. The second kappa shape index (κ2) is 13.7. The van der Waals surface area contributed by atoms with Crippen LogP contribution in [-0.4, -0.2) is 50.6 Å². The summed E-state index contributed by atoms with van der Waals surface area (Å²) >= 11 is 0. The molecule has 2 aliphatic rings. The molecule has 14 heteroatoms. The van der Waals surface area contributed by atoms with Crippen LogP contribution in [0.5, 0.6) is 23.0 Å². The third-order valence-corrected chi connectivity index (χ3v) is 6.38. The second-order valence-electron chi connectivity index (χ2n) is 9.99. The summed E-state index contributed by atoms with van der Waals surface area (Å²) in [5.41, 5.74) is -3.79. The average Bonchev–Trinajstić information content (AvgIpc) is 3.93. The van der Waals surface area contributed by atoms with Gasteiger partial charge in [0.05, 0.1) is 13.2 Å². The van der Waals surface area contributed by atoms with Crippen LogP contribution in [0.2, 0.25) is 0 Å². The summed E-state index contributed by atoms with van der Waals surface area (Å²) in [4.78, 5) is 24.7. The van der Waals surface area contributed by atoms with E-state index < -0.39 is 46.9 Å². The maximum absolute atomic E-state index is 14.0. The van der Waals surface area contributed by atoms with Crippen molar-refractivity contribution in [2.75, 3.05) is 26.4 Å². The molecular formula is C32H24F6O8. The third-order valence-electron chi connectivity index (χ3n) is 6.38. The van der Waals surface area contributed by atoms with Gasteiger partial charge in [0.15, 0.2) is 0 Å². The Bertz CT molecular complexity index is 1480. The largest absolute Gasteiger partial charge is 0.491 e. The summed E-state index contributed by atoms with van der Waals surface area (Å²) in [5.74, 6) is -4.58. The highest BCUT2D eigenvalue weighted by Crippen LogP contribution is 2.49. The molecule has 0 bridgehead atoms. The Morgan fingerprint density at radius 3 is 1.28 bits per heavy atom. The number of hydrogen-bond donors (Lipinski definition) is 0. The van der Waals surface area contributed by atoms with E-state index in [0.29, 0.717) is 61.2 Å². The number of hydrogen-bond acceptors (Lipinski definition) is 8. The van der Waals surface area contributed by atoms with E-state index in [0.717, 1.165) is 12.2 Å². The van der Waals surface area contributed by atoms with Gasteiger partial charge in [-0.2, -0.15) is 26.3 Å². The smallest absolute Gasteiger partial charge is 0.420 e. The lowest BCUT2D eigenvalue weighted by Gasteiger charge is -2.21. The number of carbonyl (C=O) groups excluding carboxylic acids is 2. The molecule has 2 heterocycles. The molecule has 0 radical (unpaired) electrons. The van der Waals surface area contributed by atoms with Gasteiger partial charge in [-0.25, -0.2) is 9.59 Å². The van der Waals surface area contributed by atoms with Gasteiger partial charge in [0.25, 0.3) is 0 Å². The van der Waals surface area contributed by atoms with Crippen LogP contribution in [-0.2, 0) is 31.4 Å². The van der Waals surface area contributed by atoms with E-state index in [1.807, 2.05) is 0 Å². The van der Waals surface area contributed by atoms with Crippen molar-refractivity contribution in [3.05, 3.63) is 95.1 Å². The molecule has 242 valence electrons. The summed E-state index contributed by atoms with van der Waals surface area (Å²) in [6.45, 7) is 1.94. The van der Waals surface area contributed by atoms with Crippen LogP contribution in [0.15, 0.2) is 72.8 Å². The van der Waals surface area contributed by atoms with Crippen molar-refractivity contribution in [3.63, 3.8) is 0 Å². The first-order valence-electron chi connectivity index (χ1n) is 13.7. The van der Waals surface area contributed by atoms with Gasteiger partial charge in [0.1, 0.15) is 59.5 Å². The Hall–Kier alpha value is -4.82. The predicted octanol–water partition coefficient (Wildman–Crippen LogP) is 6.52. The first-order valence-corrected chi connectivity index (χ1v) is 13.7. The summed E-state index contributed by atoms with van der Waals surface area (Å²) in [5, 5.41) is 0. The molecule has 8 nitrogen and oxygen atoms in total. The molecule has 46 heavy (non-hydrogen) atoms. The van der Waals surface area contributed by atoms with Crippen LogP contribution in [0.3, 0.4) is 0 Å². The Morgan fingerprint density at radius 2 is 0.978 bits per heavy atom. The summed E-state index contributed by atoms with van der Waals surface area (Å²) < 4.78 is 114. The Kier molecular flexibility index (Phi) is 9.68. The molecule has 2 unspecified atom stereocenters. The zero-order valence-electron chi connectivity index (χ0n) is 23.6. The number of esters is 2. The minimum absolute atomic E-state index is 0.0364. The average molecular weight is 651 g/mol. The number of rotatable bonds is 12. The number of ether oxygens (including phenoxy) is 6. The van der Waals surface area contributed by atoms with Crippen LogP contribution >= 0.6 is 0 Å². The third kappa shape index (κ3) is 9.34. The molecule has 0 spiro atoms. The van der Waals surface area contributed by atoms with Crippen molar-refractivity contribution < 1.29 is 64.4 Å². The number of halogens is 6. The van der Waals surface area contributed by atoms with Crippen molar-refractivity contribution in [3.8, 4) is 23.0 Å². The van der Waals surface area contributed by atoms with Crippen LogP contribution < -0.4 is 18.9 Å². The van der Waals surface area contributed by atoms with Gasteiger partial charge >= 0.3 is 24.3 Å². The molecular weight excluding hydrogens is 626 g/mol. The monoisotopic (exact) mass is 650 g/mol. The molecule has 0 N–H and O–H groups in total. The van der Waals surface area contributed by atoms with E-state index >= 15 is 0 Å². The summed E-state index contributed by atoms with van der Waals surface area (Å²) in [6.07, 6.45) is -7.34. The fraction of sp³-hybridized carbons (Fsp3) is 0.250. The first-order chi connectivity index (χ1) is 21.8. The fourth-order valence-corrected chi connectivity index (χ4v) is 3.97. The van der Waals surface area contributed by atoms with E-state index in [2.05, 4.69) is 9.47 Å². The Morgan fingerprint density at radius 1 is 0.630 bits per heavy atom. The van der Waals surface area contributed by atoms with Gasteiger partial charge in [-0.05, 0) is 59.7 Å². The van der Waals surface area contributed by atoms with E-state index in [9.17, 15) is 35.9 Å². The van der Waals surface area contributed by atoms with Gasteiger partial charge in [-0.1, -0.05) is 24.3 Å². The van der Waals surface area contributed by atoms with Crippen molar-refractivity contribution in [2.24, 2.45) is 0 Å². The van der Waals surface area contributed by atoms with Crippen LogP contribution in [0.25, 0.3) is 12.2 Å². The second-order valence-corrected chi connectivity index (χ2v) is 9.99. The maximum Gasteiger partial charge on any atom is 0.420 e. The van der Waals surface area contributed by atoms with Crippen LogP contribution in [0.4, 0.5) is 26.3 Å². The molecule has 2 atom stereocenters. The fourth-order valence-electron chi connectivity index (χ4n) is 3.97. The summed E-state index contributed by atoms with van der Waals surface area (Å²) in [7, 11) is 0. The molecule has 0 saturated carbocycles. The lowest BCUT2D eigenvalue weighted by Crippen LogP contribution is -2.21. The van der Waals surface area contributed by atoms with Gasteiger partial charge in [0.2, 0.25) is 0 Å². The molecule has 0 aromatic heterocycles. The van der Waals surface area contributed by atoms with E-state index in [1.165, 1.54) is 12.2 Å². The van der Waals surface area contributed by atoms with Crippen molar-refractivity contribution in [1.29, 1.82) is 0 Å². The number of carbonyl (C=O) groups is 2. The molecule has 0 aliphatic carbocycles. The predicted molar refractivity (Wildman–Crippen MR) is 149 cm³/mol. The zero-order valence-corrected chi connectivity index (χ0v) is 23.6. The van der Waals surface area contributed by atoms with Gasteiger partial charge < -0.3 is 28.4 Å². The Labute approximate surface area is 257 Å². The van der Waals surface area contributed by atoms with Crippen molar-refractivity contribution in [2.45, 2.75) is 24.6 Å². The highest BCUT2D eigenvalue weighted by atomic mass is 19.4. The first kappa shape index (κ1) is 32.6. The lowest BCUT2D eigenvalue weighted by molar-refractivity contribution is -0.164. The molecule has 3 aromatic carbocycles. The molecule has 5 rings (SSSR count). The maximum atomic E-state index is 14.0. The van der Waals surface area contributed by atoms with Crippen molar-refractivity contribution >= 4 is 24.1 Å². The highest BCUT2D eigenvalue weighted by molar-refractivity contribution is 5.90. The van der Waals surface area contributed by atoms with Crippen LogP contribution in [0, 0.1) is 0 Å². The highest BCUT2D eigenvalue weighted by Gasteiger charge is 2.48. The van der Waals surface area contributed by atoms with E-state index in [-0.39, 0.29) is 12.2 Å². The van der Waals surface area contributed by atoms with Gasteiger partial charge in [-0.15, -0.1) is 0 Å².